The zero-order valence-corrected chi connectivity index (χ0v) is 52.7. The zero-order valence-electron chi connectivity index (χ0n) is 38.2. The lowest BCUT2D eigenvalue weighted by Crippen LogP contribution is -2.42. The zero-order chi connectivity index (χ0) is 50.3. The Hall–Kier alpha value is -0.830. The minimum atomic E-state index is -4.21. The molecule has 68 heavy (non-hydrogen) atoms. The summed E-state index contributed by atoms with van der Waals surface area (Å²) in [5.41, 5.74) is 7.05. The van der Waals surface area contributed by atoms with Gasteiger partial charge in [-0.1, -0.05) is 62.4 Å². The van der Waals surface area contributed by atoms with E-state index in [1.54, 1.807) is 4.90 Å². The number of Topliss-reactive ketones (excluding diaryl/α,β-unsaturated/α-hetero) is 1. The van der Waals surface area contributed by atoms with Crippen molar-refractivity contribution in [3.8, 4) is 0 Å². The molecule has 0 spiro atoms. The molecule has 1 amide bonds. The van der Waals surface area contributed by atoms with Gasteiger partial charge in [0.15, 0.2) is 11.5 Å². The predicted molar refractivity (Wildman–Crippen MR) is 323 cm³/mol. The molecule has 2 N–H and O–H groups in total. The van der Waals surface area contributed by atoms with Crippen molar-refractivity contribution in [1.29, 1.82) is 0 Å². The van der Waals surface area contributed by atoms with E-state index in [1.807, 2.05) is 87.6 Å². The van der Waals surface area contributed by atoms with Crippen molar-refractivity contribution in [3.05, 3.63) is 140 Å². The molecule has 0 fully saturated rings. The van der Waals surface area contributed by atoms with Crippen LogP contribution in [0.15, 0.2) is 96.4 Å². The topological polar surface area (TPSA) is 152 Å². The molecule has 0 saturated carbocycles. The van der Waals surface area contributed by atoms with Gasteiger partial charge in [-0.05, 0) is 212 Å². The van der Waals surface area contributed by atoms with Crippen molar-refractivity contribution in [1.82, 2.24) is 4.90 Å². The fourth-order valence-corrected chi connectivity index (χ4v) is 15.6. The van der Waals surface area contributed by atoms with E-state index in [4.69, 9.17) is 0 Å². The molecule has 364 valence electrons. The SMILES string of the molecule is CCC(C)C(=O)C1CC=C(C)N1C(=O)c1ccc(C2(C)/C(=C/C=C/C=C/C=C/C3=[N+](CCCS(=O)(=O)O)c4cc(I)c(I)c(I)c4C3(C)C)N(CCCS(=O)(=O)O)c3cc(I)c(I)c(I)c32)cc1. The van der Waals surface area contributed by atoms with Crippen molar-refractivity contribution in [2.24, 2.45) is 5.92 Å². The second kappa shape index (κ2) is 22.7. The van der Waals surface area contributed by atoms with Gasteiger partial charge in [-0.2, -0.15) is 21.4 Å². The van der Waals surface area contributed by atoms with Crippen LogP contribution in [0.4, 0.5) is 11.4 Å². The number of carbonyl (C=O) groups is 2. The number of ketones is 1. The number of anilines is 1. The van der Waals surface area contributed by atoms with Gasteiger partial charge >= 0.3 is 0 Å². The standard InChI is InChI=1S/C49H51I6N3O8S2/c1-7-29(2)46(59)35-22-17-30(3)58(35)47(60)31-18-20-32(21-19-31)49(6)39(57(24-14-26-68(64,65)66)37-28-34(51)43(53)45(55)41(37)49)16-12-10-8-9-11-15-38-48(4,5)40-36(27-33(50)42(52)44(40)54)56(38)23-13-25-67(61,62)63/h8-12,15-21,27-29,35H,7,13-14,22-26H2,1-6H3,(H-,61,62,63,64,65,66)/p+1. The highest BCUT2D eigenvalue weighted by atomic mass is 127. The summed E-state index contributed by atoms with van der Waals surface area (Å²) in [4.78, 5) is 31.3. The van der Waals surface area contributed by atoms with Crippen molar-refractivity contribution in [3.63, 3.8) is 0 Å². The molecule has 0 aliphatic carbocycles. The van der Waals surface area contributed by atoms with Crippen LogP contribution in [0, 0.1) is 27.3 Å². The van der Waals surface area contributed by atoms with Crippen LogP contribution < -0.4 is 4.90 Å². The molecule has 3 aromatic rings. The smallest absolute Gasteiger partial charge is 0.265 e. The van der Waals surface area contributed by atoms with E-state index in [0.717, 1.165) is 61.0 Å². The first-order chi connectivity index (χ1) is 31.8. The Morgan fingerprint density at radius 1 is 0.824 bits per heavy atom. The van der Waals surface area contributed by atoms with Crippen LogP contribution in [-0.4, -0.2) is 83.5 Å². The maximum Gasteiger partial charge on any atom is 0.265 e. The maximum absolute atomic E-state index is 14.2. The first kappa shape index (κ1) is 56.5. The van der Waals surface area contributed by atoms with Gasteiger partial charge in [-0.3, -0.25) is 18.7 Å². The van der Waals surface area contributed by atoms with Gasteiger partial charge < -0.3 is 9.80 Å². The maximum atomic E-state index is 14.2. The molecule has 11 nitrogen and oxygen atoms in total. The van der Waals surface area contributed by atoms with Gasteiger partial charge in [0.2, 0.25) is 5.69 Å². The number of amides is 1. The second-order valence-corrected chi connectivity index (χ2v) is 27.5. The van der Waals surface area contributed by atoms with Crippen molar-refractivity contribution >= 4 is 185 Å². The van der Waals surface area contributed by atoms with Gasteiger partial charge in [-0.25, -0.2) is 0 Å². The van der Waals surface area contributed by atoms with Crippen LogP contribution >= 0.6 is 136 Å². The Bertz CT molecular complexity index is 2960. The molecule has 3 aromatic carbocycles. The van der Waals surface area contributed by atoms with Gasteiger partial charge in [0.05, 0.1) is 33.9 Å². The number of nitrogens with zero attached hydrogens (tertiary/aromatic N) is 3. The van der Waals surface area contributed by atoms with Crippen molar-refractivity contribution in [2.45, 2.75) is 84.1 Å². The summed E-state index contributed by atoms with van der Waals surface area (Å²) in [5, 5.41) is 0. The minimum absolute atomic E-state index is 0.0578. The summed E-state index contributed by atoms with van der Waals surface area (Å²) in [6.07, 6.45) is 17.4. The average Bonchev–Trinajstić information content (AvgIpc) is 3.83. The Labute approximate surface area is 482 Å². The molecule has 3 heterocycles. The molecule has 3 unspecified atom stereocenters. The molecular formula is C49H52I6N3O8S2+. The van der Waals surface area contributed by atoms with E-state index < -0.39 is 42.9 Å². The Morgan fingerprint density at radius 2 is 1.40 bits per heavy atom. The molecule has 0 radical (unpaired) electrons. The van der Waals surface area contributed by atoms with E-state index in [2.05, 4.69) is 184 Å². The van der Waals surface area contributed by atoms with Crippen LogP contribution in [0.25, 0.3) is 0 Å². The van der Waals surface area contributed by atoms with Crippen molar-refractivity contribution < 1.29 is 40.1 Å². The van der Waals surface area contributed by atoms with Crippen LogP contribution in [-0.2, 0) is 35.9 Å². The summed E-state index contributed by atoms with van der Waals surface area (Å²) in [6, 6.07) is 11.3. The quantitative estimate of drug-likeness (QED) is 0.0442. The van der Waals surface area contributed by atoms with E-state index in [1.165, 1.54) is 5.56 Å². The molecule has 0 saturated heterocycles. The van der Waals surface area contributed by atoms with E-state index in [0.29, 0.717) is 31.5 Å². The Morgan fingerprint density at radius 3 is 2.01 bits per heavy atom. The lowest BCUT2D eigenvalue weighted by atomic mass is 9.75. The minimum Gasteiger partial charge on any atom is -0.344 e. The number of carbonyl (C=O) groups excluding carboxylic acids is 2. The van der Waals surface area contributed by atoms with Gasteiger partial charge in [0.1, 0.15) is 6.54 Å². The van der Waals surface area contributed by atoms with Crippen LogP contribution in [0.2, 0.25) is 0 Å². The fraction of sp³-hybridized carbons (Fsp3) is 0.367. The van der Waals surface area contributed by atoms with E-state index >= 15 is 0 Å². The van der Waals surface area contributed by atoms with E-state index in [-0.39, 0.29) is 36.2 Å². The number of hydrogen-bond acceptors (Lipinski definition) is 7. The number of hydrogen-bond donors (Lipinski definition) is 2. The normalized spacial score (nSPS) is 20.4. The highest BCUT2D eigenvalue weighted by Gasteiger charge is 2.48. The number of rotatable bonds is 17. The molecule has 0 bridgehead atoms. The molecule has 19 heteroatoms. The van der Waals surface area contributed by atoms with Crippen LogP contribution in [0.3, 0.4) is 0 Å². The van der Waals surface area contributed by atoms with Gasteiger partial charge in [-0.15, -0.1) is 0 Å². The summed E-state index contributed by atoms with van der Waals surface area (Å²) >= 11 is 14.2. The number of benzene rings is 3. The van der Waals surface area contributed by atoms with Crippen LogP contribution in [0.1, 0.15) is 94.3 Å². The third kappa shape index (κ3) is 11.9. The summed E-state index contributed by atoms with van der Waals surface area (Å²) in [6.45, 7) is 13.0. The summed E-state index contributed by atoms with van der Waals surface area (Å²) in [5.74, 6) is -1.07. The lowest BCUT2D eigenvalue weighted by molar-refractivity contribution is -0.437. The molecular weight excluding hydrogens is 1580 g/mol. The first-order valence-electron chi connectivity index (χ1n) is 21.8. The third-order valence-corrected chi connectivity index (χ3v) is 24.8. The molecule has 3 atom stereocenters. The molecule has 0 aromatic heterocycles. The average molecular weight is 1640 g/mol. The lowest BCUT2D eigenvalue weighted by Gasteiger charge is -2.32. The predicted octanol–water partition coefficient (Wildman–Crippen LogP) is 12.4. The summed E-state index contributed by atoms with van der Waals surface area (Å²) in [7, 11) is -8.33. The Kier molecular flexibility index (Phi) is 18.9. The highest BCUT2D eigenvalue weighted by Crippen LogP contribution is 2.55. The Balaban J connectivity index is 1.38. The molecule has 3 aliphatic heterocycles. The number of halogens is 6. The summed E-state index contributed by atoms with van der Waals surface area (Å²) < 4.78 is 75.3. The molecule has 6 rings (SSSR count). The largest absolute Gasteiger partial charge is 0.344 e. The number of allylic oxidation sites excluding steroid dienone is 9. The van der Waals surface area contributed by atoms with E-state index in [9.17, 15) is 35.5 Å². The second-order valence-electron chi connectivity index (χ2n) is 17.7. The van der Waals surface area contributed by atoms with Gasteiger partial charge in [0, 0.05) is 80.7 Å². The third-order valence-electron chi connectivity index (χ3n) is 12.9. The highest BCUT2D eigenvalue weighted by molar-refractivity contribution is 14.1. The number of fused-ring (bicyclic) bond motifs is 2. The first-order valence-corrected chi connectivity index (χ1v) is 31.5. The monoisotopic (exact) mass is 1640 g/mol. The van der Waals surface area contributed by atoms with Gasteiger partial charge in [0.25, 0.3) is 26.1 Å². The van der Waals surface area contributed by atoms with Crippen LogP contribution in [0.5, 0.6) is 0 Å². The fourth-order valence-electron chi connectivity index (χ4n) is 9.30. The molecule has 3 aliphatic rings. The van der Waals surface area contributed by atoms with Crippen molar-refractivity contribution in [2.75, 3.05) is 29.5 Å².